The average Bonchev–Trinajstić information content (AvgIpc) is 3.13. The highest BCUT2D eigenvalue weighted by molar-refractivity contribution is 5.82. The van der Waals surface area contributed by atoms with Crippen LogP contribution in [0.5, 0.6) is 5.75 Å². The van der Waals surface area contributed by atoms with Gasteiger partial charge < -0.3 is 14.6 Å². The van der Waals surface area contributed by atoms with Crippen LogP contribution in [0.25, 0.3) is 10.9 Å². The summed E-state index contributed by atoms with van der Waals surface area (Å²) in [7, 11) is 1.67. The molecule has 0 atom stereocenters. The molecule has 140 valence electrons. The molecular formula is C22H23FN2O2. The number of aromatic amines is 1. The summed E-state index contributed by atoms with van der Waals surface area (Å²) in [5.74, 6) is 1.12. The second-order valence-electron chi connectivity index (χ2n) is 7.14. The summed E-state index contributed by atoms with van der Waals surface area (Å²) >= 11 is 0. The van der Waals surface area contributed by atoms with Gasteiger partial charge >= 0.3 is 0 Å². The largest absolute Gasteiger partial charge is 0.497 e. The van der Waals surface area contributed by atoms with Crippen LogP contribution in [0.2, 0.25) is 0 Å². The Labute approximate surface area is 157 Å². The number of H-pyrrole nitrogens is 1. The van der Waals surface area contributed by atoms with Gasteiger partial charge in [0.15, 0.2) is 0 Å². The van der Waals surface area contributed by atoms with E-state index in [9.17, 15) is 9.18 Å². The number of benzene rings is 2. The van der Waals surface area contributed by atoms with Gasteiger partial charge in [0.2, 0.25) is 5.91 Å². The second-order valence-corrected chi connectivity index (χ2v) is 7.14. The van der Waals surface area contributed by atoms with Crippen molar-refractivity contribution in [2.75, 3.05) is 20.2 Å². The lowest BCUT2D eigenvalue weighted by Gasteiger charge is -2.31. The zero-order valence-electron chi connectivity index (χ0n) is 15.4. The predicted octanol–water partition coefficient (Wildman–Crippen LogP) is 4.26. The molecule has 0 aliphatic carbocycles. The molecule has 3 aromatic rings. The zero-order chi connectivity index (χ0) is 18.8. The Balaban J connectivity index is 1.38. The first-order chi connectivity index (χ1) is 13.1. The highest BCUT2D eigenvalue weighted by Crippen LogP contribution is 2.31. The number of aromatic nitrogens is 1. The van der Waals surface area contributed by atoms with Gasteiger partial charge in [0.25, 0.3) is 0 Å². The van der Waals surface area contributed by atoms with Crippen LogP contribution < -0.4 is 4.74 Å². The molecule has 5 heteroatoms. The molecule has 0 spiro atoms. The van der Waals surface area contributed by atoms with Crippen LogP contribution >= 0.6 is 0 Å². The third-order valence-electron chi connectivity index (χ3n) is 5.40. The topological polar surface area (TPSA) is 45.3 Å². The Morgan fingerprint density at radius 3 is 2.59 bits per heavy atom. The summed E-state index contributed by atoms with van der Waals surface area (Å²) in [5.41, 5.74) is 3.19. The number of halogens is 1. The molecule has 4 nitrogen and oxygen atoms in total. The number of rotatable bonds is 4. The predicted molar refractivity (Wildman–Crippen MR) is 104 cm³/mol. The smallest absolute Gasteiger partial charge is 0.226 e. The first-order valence-corrected chi connectivity index (χ1v) is 9.31. The van der Waals surface area contributed by atoms with Crippen molar-refractivity contribution in [1.82, 2.24) is 9.88 Å². The minimum absolute atomic E-state index is 0.112. The minimum atomic E-state index is -0.275. The number of hydrogen-bond acceptors (Lipinski definition) is 2. The summed E-state index contributed by atoms with van der Waals surface area (Å²) in [5, 5.41) is 1.15. The molecule has 1 aliphatic heterocycles. The lowest BCUT2D eigenvalue weighted by molar-refractivity contribution is -0.131. The monoisotopic (exact) mass is 366 g/mol. The van der Waals surface area contributed by atoms with E-state index < -0.39 is 0 Å². The van der Waals surface area contributed by atoms with Crippen molar-refractivity contribution in [2.24, 2.45) is 0 Å². The van der Waals surface area contributed by atoms with Crippen LogP contribution in [0.3, 0.4) is 0 Å². The molecule has 0 bridgehead atoms. The standard InChI is InChI=1S/C22H23FN2O2/c1-27-19-6-7-20-17(13-19)14-21(24-20)16-8-10-25(11-9-16)22(26)12-15-2-4-18(23)5-3-15/h2-7,13-14,16,24H,8-12H2,1H3. The van der Waals surface area contributed by atoms with Crippen LogP contribution in [0.1, 0.15) is 30.0 Å². The van der Waals surface area contributed by atoms with E-state index in [2.05, 4.69) is 11.1 Å². The van der Waals surface area contributed by atoms with E-state index >= 15 is 0 Å². The maximum absolute atomic E-state index is 13.0. The number of methoxy groups -OCH3 is 1. The molecule has 1 fully saturated rings. The average molecular weight is 366 g/mol. The first kappa shape index (κ1) is 17.6. The SMILES string of the molecule is COc1ccc2[nH]c(C3CCN(C(=O)Cc4ccc(F)cc4)CC3)cc2c1. The van der Waals surface area contributed by atoms with E-state index in [-0.39, 0.29) is 11.7 Å². The Hall–Kier alpha value is -2.82. The molecule has 1 aliphatic rings. The normalized spacial score (nSPS) is 15.3. The number of hydrogen-bond donors (Lipinski definition) is 1. The first-order valence-electron chi connectivity index (χ1n) is 9.31. The third kappa shape index (κ3) is 3.82. The summed E-state index contributed by atoms with van der Waals surface area (Å²) in [6, 6.07) is 14.4. The quantitative estimate of drug-likeness (QED) is 0.750. The van der Waals surface area contributed by atoms with Crippen molar-refractivity contribution < 1.29 is 13.9 Å². The number of piperidine rings is 1. The van der Waals surface area contributed by atoms with Crippen molar-refractivity contribution in [2.45, 2.75) is 25.2 Å². The zero-order valence-corrected chi connectivity index (χ0v) is 15.4. The van der Waals surface area contributed by atoms with Gasteiger partial charge in [-0.25, -0.2) is 4.39 Å². The fourth-order valence-corrected chi connectivity index (χ4v) is 3.81. The van der Waals surface area contributed by atoms with Gasteiger partial charge in [0.1, 0.15) is 11.6 Å². The van der Waals surface area contributed by atoms with Gasteiger partial charge in [0.05, 0.1) is 13.5 Å². The molecule has 2 aromatic carbocycles. The van der Waals surface area contributed by atoms with Crippen LogP contribution in [0.15, 0.2) is 48.5 Å². The van der Waals surface area contributed by atoms with Crippen molar-refractivity contribution in [1.29, 1.82) is 0 Å². The Bertz CT molecular complexity index is 941. The van der Waals surface area contributed by atoms with Crippen LogP contribution in [0, 0.1) is 5.82 Å². The lowest BCUT2D eigenvalue weighted by Crippen LogP contribution is -2.38. The molecule has 1 saturated heterocycles. The second kappa shape index (κ2) is 7.43. The number of nitrogens with one attached hydrogen (secondary N) is 1. The number of likely N-dealkylation sites (tertiary alicyclic amines) is 1. The minimum Gasteiger partial charge on any atom is -0.497 e. The third-order valence-corrected chi connectivity index (χ3v) is 5.40. The number of nitrogens with zero attached hydrogens (tertiary/aromatic N) is 1. The highest BCUT2D eigenvalue weighted by atomic mass is 19.1. The van der Waals surface area contributed by atoms with Crippen LogP contribution in [-0.2, 0) is 11.2 Å². The molecule has 0 radical (unpaired) electrons. The summed E-state index contributed by atoms with van der Waals surface area (Å²) in [6.45, 7) is 1.51. The van der Waals surface area contributed by atoms with E-state index in [1.807, 2.05) is 23.1 Å². The number of fused-ring (bicyclic) bond motifs is 1. The van der Waals surface area contributed by atoms with Gasteiger partial charge in [-0.05, 0) is 54.8 Å². The summed E-state index contributed by atoms with van der Waals surface area (Å²) in [6.07, 6.45) is 2.22. The van der Waals surface area contributed by atoms with E-state index in [1.54, 1.807) is 19.2 Å². The summed E-state index contributed by atoms with van der Waals surface area (Å²) in [4.78, 5) is 18.0. The van der Waals surface area contributed by atoms with E-state index in [4.69, 9.17) is 4.74 Å². The van der Waals surface area contributed by atoms with Gasteiger partial charge in [-0.2, -0.15) is 0 Å². The van der Waals surface area contributed by atoms with Gasteiger partial charge in [0, 0.05) is 35.6 Å². The molecule has 1 aromatic heterocycles. The Kier molecular flexibility index (Phi) is 4.84. The fraction of sp³-hybridized carbons (Fsp3) is 0.318. The molecular weight excluding hydrogens is 343 g/mol. The van der Waals surface area contributed by atoms with Gasteiger partial charge in [-0.1, -0.05) is 12.1 Å². The van der Waals surface area contributed by atoms with E-state index in [0.717, 1.165) is 48.1 Å². The van der Waals surface area contributed by atoms with E-state index in [0.29, 0.717) is 12.3 Å². The molecule has 1 amide bonds. The Morgan fingerprint density at radius 1 is 1.15 bits per heavy atom. The maximum atomic E-state index is 13.0. The Morgan fingerprint density at radius 2 is 1.89 bits per heavy atom. The van der Waals surface area contributed by atoms with Crippen molar-refractivity contribution in [3.63, 3.8) is 0 Å². The number of carbonyl (C=O) groups is 1. The number of ether oxygens (including phenoxy) is 1. The molecule has 27 heavy (non-hydrogen) atoms. The lowest BCUT2D eigenvalue weighted by atomic mass is 9.93. The highest BCUT2D eigenvalue weighted by Gasteiger charge is 2.25. The van der Waals surface area contributed by atoms with Gasteiger partial charge in [-0.3, -0.25) is 4.79 Å². The van der Waals surface area contributed by atoms with Crippen molar-refractivity contribution >= 4 is 16.8 Å². The summed E-state index contributed by atoms with van der Waals surface area (Å²) < 4.78 is 18.3. The number of amides is 1. The molecule has 4 rings (SSSR count). The van der Waals surface area contributed by atoms with Crippen molar-refractivity contribution in [3.05, 3.63) is 65.6 Å². The molecule has 0 unspecified atom stereocenters. The molecule has 2 heterocycles. The molecule has 1 N–H and O–H groups in total. The van der Waals surface area contributed by atoms with E-state index in [1.165, 1.54) is 17.8 Å². The van der Waals surface area contributed by atoms with Crippen LogP contribution in [-0.4, -0.2) is 36.0 Å². The molecule has 0 saturated carbocycles. The fourth-order valence-electron chi connectivity index (χ4n) is 3.81. The van der Waals surface area contributed by atoms with Gasteiger partial charge in [-0.15, -0.1) is 0 Å². The maximum Gasteiger partial charge on any atom is 0.226 e. The van der Waals surface area contributed by atoms with Crippen molar-refractivity contribution in [3.8, 4) is 5.75 Å². The van der Waals surface area contributed by atoms with Crippen LogP contribution in [0.4, 0.5) is 4.39 Å². The number of carbonyl (C=O) groups excluding carboxylic acids is 1.